The fourth-order valence-electron chi connectivity index (χ4n) is 3.55. The summed E-state index contributed by atoms with van der Waals surface area (Å²) in [7, 11) is 0. The summed E-state index contributed by atoms with van der Waals surface area (Å²) in [6, 6.07) is 20.9. The van der Waals surface area contributed by atoms with Crippen LogP contribution in [0.1, 0.15) is 61.9 Å². The van der Waals surface area contributed by atoms with Crippen LogP contribution in [0.2, 0.25) is 0 Å². The Morgan fingerprint density at radius 3 is 2.48 bits per heavy atom. The Balaban J connectivity index is 1.42. The highest BCUT2D eigenvalue weighted by atomic mass is 16.5. The van der Waals surface area contributed by atoms with Crippen LogP contribution < -0.4 is 10.1 Å². The monoisotopic (exact) mass is 442 g/mol. The summed E-state index contributed by atoms with van der Waals surface area (Å²) in [5.41, 5.74) is 5.06. The van der Waals surface area contributed by atoms with E-state index in [4.69, 9.17) is 9.15 Å². The number of nitrogens with zero attached hydrogens (tertiary/aromatic N) is 1. The van der Waals surface area contributed by atoms with Crippen LogP contribution in [0.5, 0.6) is 5.75 Å². The van der Waals surface area contributed by atoms with Crippen LogP contribution in [0.25, 0.3) is 22.6 Å². The van der Waals surface area contributed by atoms with Crippen molar-refractivity contribution in [3.63, 3.8) is 0 Å². The Kier molecular flexibility index (Phi) is 7.08. The number of aromatic nitrogens is 1. The molecule has 0 aliphatic rings. The average molecular weight is 443 g/mol. The fourth-order valence-corrected chi connectivity index (χ4v) is 3.55. The maximum atomic E-state index is 12.6. The molecule has 0 bridgehead atoms. The van der Waals surface area contributed by atoms with Crippen molar-refractivity contribution in [3.05, 3.63) is 77.9 Å². The number of oxazole rings is 1. The number of hydrogen-bond donors (Lipinski definition) is 1. The van der Waals surface area contributed by atoms with Crippen LogP contribution in [0.4, 0.5) is 5.69 Å². The third-order valence-electron chi connectivity index (χ3n) is 5.87. The van der Waals surface area contributed by atoms with Crippen molar-refractivity contribution in [1.29, 1.82) is 0 Å². The molecule has 0 unspecified atom stereocenters. The number of unbranched alkanes of at least 4 members (excludes halogenated alkanes) is 1. The molecular formula is C28H30N2O3. The van der Waals surface area contributed by atoms with Crippen molar-refractivity contribution in [2.75, 3.05) is 11.9 Å². The van der Waals surface area contributed by atoms with E-state index in [1.807, 2.05) is 42.5 Å². The Bertz CT molecular complexity index is 1210. The van der Waals surface area contributed by atoms with Gasteiger partial charge in [-0.05, 0) is 85.0 Å². The SMILES string of the molecule is CCCCOc1ccc(C(=O)Nc2ccc(-c3nc4cc([C@H](C)CC)ccc4o3)cc2)cc1. The van der Waals surface area contributed by atoms with Gasteiger partial charge >= 0.3 is 0 Å². The highest BCUT2D eigenvalue weighted by molar-refractivity contribution is 6.04. The molecule has 5 heteroatoms. The highest BCUT2D eigenvalue weighted by Gasteiger charge is 2.12. The summed E-state index contributed by atoms with van der Waals surface area (Å²) >= 11 is 0. The number of nitrogens with one attached hydrogen (secondary N) is 1. The van der Waals surface area contributed by atoms with Gasteiger partial charge in [-0.15, -0.1) is 0 Å². The molecule has 1 heterocycles. The number of ether oxygens (including phenoxy) is 1. The molecule has 0 fully saturated rings. The van der Waals surface area contributed by atoms with Gasteiger partial charge in [-0.2, -0.15) is 0 Å². The number of anilines is 1. The number of hydrogen-bond acceptors (Lipinski definition) is 4. The zero-order valence-electron chi connectivity index (χ0n) is 19.4. The van der Waals surface area contributed by atoms with Gasteiger partial charge in [0.1, 0.15) is 11.3 Å². The molecule has 33 heavy (non-hydrogen) atoms. The van der Waals surface area contributed by atoms with Crippen LogP contribution >= 0.6 is 0 Å². The molecule has 0 aliphatic heterocycles. The fraction of sp³-hybridized carbons (Fsp3) is 0.286. The maximum absolute atomic E-state index is 12.6. The van der Waals surface area contributed by atoms with E-state index in [0.29, 0.717) is 29.7 Å². The van der Waals surface area contributed by atoms with Crippen molar-refractivity contribution < 1.29 is 13.9 Å². The molecule has 5 nitrogen and oxygen atoms in total. The van der Waals surface area contributed by atoms with Crippen molar-refractivity contribution in [3.8, 4) is 17.2 Å². The lowest BCUT2D eigenvalue weighted by Gasteiger charge is -2.08. The van der Waals surface area contributed by atoms with Gasteiger partial charge < -0.3 is 14.5 Å². The third-order valence-corrected chi connectivity index (χ3v) is 5.87. The summed E-state index contributed by atoms with van der Waals surface area (Å²) in [6.07, 6.45) is 3.19. The predicted molar refractivity (Wildman–Crippen MR) is 133 cm³/mol. The Morgan fingerprint density at radius 1 is 1.03 bits per heavy atom. The minimum atomic E-state index is -0.165. The molecular weight excluding hydrogens is 412 g/mol. The standard InChI is InChI=1S/C28H30N2O3/c1-4-6-17-32-24-14-9-20(10-15-24)27(31)29-23-12-7-21(8-13-23)28-30-25-18-22(19(3)5-2)11-16-26(25)33-28/h7-16,18-19H,4-6,17H2,1-3H3,(H,29,31)/t19-/m1/s1. The van der Waals surface area contributed by atoms with Gasteiger partial charge in [-0.3, -0.25) is 4.79 Å². The molecule has 1 atom stereocenters. The Morgan fingerprint density at radius 2 is 1.79 bits per heavy atom. The van der Waals surface area contributed by atoms with Crippen molar-refractivity contribution in [1.82, 2.24) is 4.98 Å². The van der Waals surface area contributed by atoms with Gasteiger partial charge in [-0.1, -0.05) is 33.3 Å². The second-order valence-corrected chi connectivity index (χ2v) is 8.31. The first kappa shape index (κ1) is 22.6. The number of amides is 1. The van der Waals surface area contributed by atoms with Crippen LogP contribution in [0.15, 0.2) is 71.1 Å². The molecule has 0 spiro atoms. The first-order chi connectivity index (χ1) is 16.1. The third kappa shape index (κ3) is 5.43. The molecule has 0 aliphatic carbocycles. The van der Waals surface area contributed by atoms with Crippen LogP contribution in [0, 0.1) is 0 Å². The zero-order chi connectivity index (χ0) is 23.2. The van der Waals surface area contributed by atoms with Crippen molar-refractivity contribution in [2.24, 2.45) is 0 Å². The molecule has 4 rings (SSSR count). The van der Waals surface area contributed by atoms with Gasteiger partial charge in [-0.25, -0.2) is 4.98 Å². The van der Waals surface area contributed by atoms with E-state index >= 15 is 0 Å². The molecule has 4 aromatic rings. The lowest BCUT2D eigenvalue weighted by atomic mass is 9.98. The zero-order valence-corrected chi connectivity index (χ0v) is 19.4. The molecule has 0 radical (unpaired) electrons. The average Bonchev–Trinajstić information content (AvgIpc) is 3.28. The Hall–Kier alpha value is -3.60. The van der Waals surface area contributed by atoms with Gasteiger partial charge in [0.15, 0.2) is 5.58 Å². The Labute approximate surface area is 194 Å². The second-order valence-electron chi connectivity index (χ2n) is 8.31. The summed E-state index contributed by atoms with van der Waals surface area (Å²) in [5.74, 6) is 1.67. The number of carbonyl (C=O) groups excluding carboxylic acids is 1. The lowest BCUT2D eigenvalue weighted by molar-refractivity contribution is 0.102. The minimum absolute atomic E-state index is 0.165. The molecule has 1 amide bonds. The summed E-state index contributed by atoms with van der Waals surface area (Å²) in [4.78, 5) is 17.3. The molecule has 3 aromatic carbocycles. The lowest BCUT2D eigenvalue weighted by Crippen LogP contribution is -2.11. The van der Waals surface area contributed by atoms with E-state index in [1.165, 1.54) is 5.56 Å². The predicted octanol–water partition coefficient (Wildman–Crippen LogP) is 7.44. The molecule has 1 aromatic heterocycles. The number of fused-ring (bicyclic) bond motifs is 1. The quantitative estimate of drug-likeness (QED) is 0.274. The number of benzene rings is 3. The normalized spacial score (nSPS) is 12.0. The van der Waals surface area contributed by atoms with Gasteiger partial charge in [0, 0.05) is 16.8 Å². The van der Waals surface area contributed by atoms with E-state index in [9.17, 15) is 4.79 Å². The second kappa shape index (κ2) is 10.3. The summed E-state index contributed by atoms with van der Waals surface area (Å²) in [6.45, 7) is 7.21. The summed E-state index contributed by atoms with van der Waals surface area (Å²) < 4.78 is 11.6. The minimum Gasteiger partial charge on any atom is -0.494 e. The van der Waals surface area contributed by atoms with Crippen molar-refractivity contribution in [2.45, 2.75) is 46.0 Å². The first-order valence-corrected chi connectivity index (χ1v) is 11.6. The largest absolute Gasteiger partial charge is 0.494 e. The summed E-state index contributed by atoms with van der Waals surface area (Å²) in [5, 5.41) is 2.93. The maximum Gasteiger partial charge on any atom is 0.255 e. The van der Waals surface area contributed by atoms with Crippen LogP contribution in [0.3, 0.4) is 0 Å². The van der Waals surface area contributed by atoms with E-state index in [2.05, 4.69) is 43.2 Å². The molecule has 170 valence electrons. The van der Waals surface area contributed by atoms with Gasteiger partial charge in [0.25, 0.3) is 5.91 Å². The van der Waals surface area contributed by atoms with E-state index in [1.54, 1.807) is 12.1 Å². The first-order valence-electron chi connectivity index (χ1n) is 11.6. The van der Waals surface area contributed by atoms with E-state index < -0.39 is 0 Å². The smallest absolute Gasteiger partial charge is 0.255 e. The molecule has 0 saturated carbocycles. The van der Waals surface area contributed by atoms with Gasteiger partial charge in [0.2, 0.25) is 5.89 Å². The van der Waals surface area contributed by atoms with E-state index in [-0.39, 0.29) is 5.91 Å². The molecule has 1 N–H and O–H groups in total. The number of carbonyl (C=O) groups is 1. The van der Waals surface area contributed by atoms with Gasteiger partial charge in [0.05, 0.1) is 6.61 Å². The van der Waals surface area contributed by atoms with Crippen LogP contribution in [-0.2, 0) is 0 Å². The van der Waals surface area contributed by atoms with Crippen molar-refractivity contribution >= 4 is 22.7 Å². The number of rotatable bonds is 9. The van der Waals surface area contributed by atoms with Crippen LogP contribution in [-0.4, -0.2) is 17.5 Å². The highest BCUT2D eigenvalue weighted by Crippen LogP contribution is 2.28. The molecule has 0 saturated heterocycles. The van der Waals surface area contributed by atoms with E-state index in [0.717, 1.165) is 41.7 Å². The topological polar surface area (TPSA) is 64.4 Å².